The molecule has 160 valence electrons. The van der Waals surface area contributed by atoms with Crippen LogP contribution in [0.2, 0.25) is 0 Å². The predicted molar refractivity (Wildman–Crippen MR) is 121 cm³/mol. The van der Waals surface area contributed by atoms with Crippen molar-refractivity contribution in [3.05, 3.63) is 108 Å². The SMILES string of the molecule is Cc1ccc([C@@H](C)NC(=O)c2cccc(Oc3ccnc(-c4ccc(F)cc4)n3)c2)cc1. The van der Waals surface area contributed by atoms with E-state index in [9.17, 15) is 9.18 Å². The maximum Gasteiger partial charge on any atom is 0.251 e. The van der Waals surface area contributed by atoms with Crippen molar-refractivity contribution >= 4 is 5.91 Å². The van der Waals surface area contributed by atoms with E-state index in [2.05, 4.69) is 15.3 Å². The molecule has 1 aromatic heterocycles. The van der Waals surface area contributed by atoms with Gasteiger partial charge >= 0.3 is 0 Å². The molecule has 3 aromatic carbocycles. The first kappa shape index (κ1) is 21.2. The lowest BCUT2D eigenvalue weighted by atomic mass is 10.1. The highest BCUT2D eigenvalue weighted by molar-refractivity contribution is 5.94. The Kier molecular flexibility index (Phi) is 6.22. The fourth-order valence-corrected chi connectivity index (χ4v) is 3.18. The number of amides is 1. The molecule has 0 saturated heterocycles. The summed E-state index contributed by atoms with van der Waals surface area (Å²) >= 11 is 0. The van der Waals surface area contributed by atoms with Crippen molar-refractivity contribution in [2.45, 2.75) is 19.9 Å². The number of halogens is 1. The van der Waals surface area contributed by atoms with Gasteiger partial charge in [0.2, 0.25) is 5.88 Å². The van der Waals surface area contributed by atoms with Crippen LogP contribution in [-0.4, -0.2) is 15.9 Å². The van der Waals surface area contributed by atoms with Crippen LogP contribution in [0.1, 0.15) is 34.5 Å². The van der Waals surface area contributed by atoms with Crippen LogP contribution in [0.25, 0.3) is 11.4 Å². The number of aromatic nitrogens is 2. The second-order valence-electron chi connectivity index (χ2n) is 7.46. The molecule has 6 heteroatoms. The van der Waals surface area contributed by atoms with E-state index in [-0.39, 0.29) is 17.8 Å². The Morgan fingerprint density at radius 3 is 2.50 bits per heavy atom. The van der Waals surface area contributed by atoms with Crippen molar-refractivity contribution in [3.8, 4) is 23.0 Å². The van der Waals surface area contributed by atoms with Crippen LogP contribution in [0.3, 0.4) is 0 Å². The molecule has 0 aliphatic rings. The molecule has 0 aliphatic carbocycles. The molecule has 1 heterocycles. The second kappa shape index (κ2) is 9.39. The minimum absolute atomic E-state index is 0.132. The number of aryl methyl sites for hydroxylation is 1. The summed E-state index contributed by atoms with van der Waals surface area (Å²) in [5.41, 5.74) is 3.36. The van der Waals surface area contributed by atoms with Crippen molar-refractivity contribution in [2.75, 3.05) is 0 Å². The van der Waals surface area contributed by atoms with Gasteiger partial charge < -0.3 is 10.1 Å². The number of ether oxygens (including phenoxy) is 1. The zero-order valence-corrected chi connectivity index (χ0v) is 17.7. The van der Waals surface area contributed by atoms with Crippen molar-refractivity contribution in [1.82, 2.24) is 15.3 Å². The molecule has 0 unspecified atom stereocenters. The van der Waals surface area contributed by atoms with Gasteiger partial charge in [-0.25, -0.2) is 9.37 Å². The van der Waals surface area contributed by atoms with E-state index in [1.807, 2.05) is 38.1 Å². The number of hydrogen-bond acceptors (Lipinski definition) is 4. The lowest BCUT2D eigenvalue weighted by molar-refractivity contribution is 0.0939. The number of carbonyl (C=O) groups excluding carboxylic acids is 1. The van der Waals surface area contributed by atoms with Crippen LogP contribution in [0, 0.1) is 12.7 Å². The number of carbonyl (C=O) groups is 1. The summed E-state index contributed by atoms with van der Waals surface area (Å²) in [6.45, 7) is 3.97. The van der Waals surface area contributed by atoms with Gasteiger partial charge in [0.05, 0.1) is 6.04 Å². The van der Waals surface area contributed by atoms with Crippen molar-refractivity contribution in [3.63, 3.8) is 0 Å². The third kappa shape index (κ3) is 5.16. The third-order valence-electron chi connectivity index (χ3n) is 4.98. The van der Waals surface area contributed by atoms with Gasteiger partial charge in [-0.05, 0) is 61.9 Å². The van der Waals surface area contributed by atoms with E-state index in [1.54, 1.807) is 48.7 Å². The number of benzene rings is 3. The minimum atomic E-state index is -0.326. The van der Waals surface area contributed by atoms with Gasteiger partial charge in [-0.15, -0.1) is 0 Å². The largest absolute Gasteiger partial charge is 0.439 e. The highest BCUT2D eigenvalue weighted by Crippen LogP contribution is 2.23. The van der Waals surface area contributed by atoms with E-state index in [0.29, 0.717) is 28.6 Å². The maximum atomic E-state index is 13.2. The molecule has 0 radical (unpaired) electrons. The Bertz CT molecular complexity index is 1220. The van der Waals surface area contributed by atoms with Gasteiger partial charge in [0.15, 0.2) is 5.82 Å². The normalized spacial score (nSPS) is 11.6. The first-order valence-corrected chi connectivity index (χ1v) is 10.2. The second-order valence-corrected chi connectivity index (χ2v) is 7.46. The molecule has 4 rings (SSSR count). The highest BCUT2D eigenvalue weighted by atomic mass is 19.1. The zero-order chi connectivity index (χ0) is 22.5. The van der Waals surface area contributed by atoms with Gasteiger partial charge in [0.1, 0.15) is 11.6 Å². The summed E-state index contributed by atoms with van der Waals surface area (Å²) in [5, 5.41) is 3.01. The van der Waals surface area contributed by atoms with E-state index in [1.165, 1.54) is 17.7 Å². The molecule has 0 aliphatic heterocycles. The lowest BCUT2D eigenvalue weighted by Gasteiger charge is -2.15. The topological polar surface area (TPSA) is 64.1 Å². The van der Waals surface area contributed by atoms with Crippen LogP contribution < -0.4 is 10.1 Å². The monoisotopic (exact) mass is 427 g/mol. The van der Waals surface area contributed by atoms with Gasteiger partial charge in [0, 0.05) is 23.4 Å². The standard InChI is InChI=1S/C26H22FN3O2/c1-17-6-8-19(9-7-17)18(2)29-26(31)21-4-3-5-23(16-21)32-24-14-15-28-25(30-24)20-10-12-22(27)13-11-20/h3-16,18H,1-2H3,(H,29,31)/t18-/m1/s1. The Morgan fingerprint density at radius 2 is 1.75 bits per heavy atom. The molecule has 1 amide bonds. The zero-order valence-electron chi connectivity index (χ0n) is 17.7. The molecule has 5 nitrogen and oxygen atoms in total. The molecule has 0 spiro atoms. The Hall–Kier alpha value is -4.06. The number of rotatable bonds is 6. The molecule has 0 fully saturated rings. The Morgan fingerprint density at radius 1 is 1.00 bits per heavy atom. The van der Waals surface area contributed by atoms with Crippen LogP contribution in [0.5, 0.6) is 11.6 Å². The number of hydrogen-bond donors (Lipinski definition) is 1. The maximum absolute atomic E-state index is 13.2. The van der Waals surface area contributed by atoms with Gasteiger partial charge in [-0.1, -0.05) is 35.9 Å². The molecule has 1 N–H and O–H groups in total. The average molecular weight is 427 g/mol. The van der Waals surface area contributed by atoms with Crippen molar-refractivity contribution in [2.24, 2.45) is 0 Å². The lowest BCUT2D eigenvalue weighted by Crippen LogP contribution is -2.26. The van der Waals surface area contributed by atoms with E-state index >= 15 is 0 Å². The van der Waals surface area contributed by atoms with Crippen LogP contribution >= 0.6 is 0 Å². The van der Waals surface area contributed by atoms with Crippen molar-refractivity contribution in [1.29, 1.82) is 0 Å². The molecule has 32 heavy (non-hydrogen) atoms. The minimum Gasteiger partial charge on any atom is -0.439 e. The first-order chi connectivity index (χ1) is 15.5. The fraction of sp³-hybridized carbons (Fsp3) is 0.115. The summed E-state index contributed by atoms with van der Waals surface area (Å²) < 4.78 is 19.0. The van der Waals surface area contributed by atoms with E-state index < -0.39 is 0 Å². The Balaban J connectivity index is 1.47. The van der Waals surface area contributed by atoms with Crippen molar-refractivity contribution < 1.29 is 13.9 Å². The number of nitrogens with zero attached hydrogens (tertiary/aromatic N) is 2. The molecule has 1 atom stereocenters. The predicted octanol–water partition coefficient (Wildman–Crippen LogP) is 5.87. The van der Waals surface area contributed by atoms with Crippen LogP contribution in [0.4, 0.5) is 4.39 Å². The third-order valence-corrected chi connectivity index (χ3v) is 4.98. The molecular formula is C26H22FN3O2. The fourth-order valence-electron chi connectivity index (χ4n) is 3.18. The molecular weight excluding hydrogens is 405 g/mol. The summed E-state index contributed by atoms with van der Waals surface area (Å²) in [6.07, 6.45) is 1.57. The summed E-state index contributed by atoms with van der Waals surface area (Å²) in [7, 11) is 0. The first-order valence-electron chi connectivity index (χ1n) is 10.2. The molecule has 4 aromatic rings. The molecule has 0 saturated carbocycles. The highest BCUT2D eigenvalue weighted by Gasteiger charge is 2.13. The average Bonchev–Trinajstić information content (AvgIpc) is 2.80. The van der Waals surface area contributed by atoms with Crippen LogP contribution in [-0.2, 0) is 0 Å². The van der Waals surface area contributed by atoms with E-state index in [4.69, 9.17) is 4.74 Å². The summed E-state index contributed by atoms with van der Waals surface area (Å²) in [5.74, 6) is 0.698. The number of nitrogens with one attached hydrogen (secondary N) is 1. The van der Waals surface area contributed by atoms with Gasteiger partial charge in [-0.3, -0.25) is 4.79 Å². The van der Waals surface area contributed by atoms with Gasteiger partial charge in [0.25, 0.3) is 5.91 Å². The van der Waals surface area contributed by atoms with Crippen LogP contribution in [0.15, 0.2) is 85.1 Å². The summed E-state index contributed by atoms with van der Waals surface area (Å²) in [6, 6.07) is 22.4. The quantitative estimate of drug-likeness (QED) is 0.418. The summed E-state index contributed by atoms with van der Waals surface area (Å²) in [4.78, 5) is 21.3. The molecule has 0 bridgehead atoms. The Labute approximate surface area is 185 Å². The van der Waals surface area contributed by atoms with Gasteiger partial charge in [-0.2, -0.15) is 4.98 Å². The van der Waals surface area contributed by atoms with E-state index in [0.717, 1.165) is 5.56 Å². The smallest absolute Gasteiger partial charge is 0.251 e.